The Balaban J connectivity index is 1.03. The van der Waals surface area contributed by atoms with Gasteiger partial charge in [-0.2, -0.15) is 0 Å². The van der Waals surface area contributed by atoms with Crippen LogP contribution in [0.1, 0.15) is 34.6 Å². The third-order valence-corrected chi connectivity index (χ3v) is 8.24. The summed E-state index contributed by atoms with van der Waals surface area (Å²) in [7, 11) is 0. The Kier molecular flexibility index (Phi) is 7.80. The number of allylic oxidation sites excluding steroid dienone is 1. The number of ether oxygens (including phenoxy) is 6. The number of piperazine rings is 1. The lowest BCUT2D eigenvalue weighted by Gasteiger charge is -2.36. The number of aliphatic hydroxyl groups excluding tert-OH is 1. The largest absolute Gasteiger partial charge is 0.459 e. The highest BCUT2D eigenvalue weighted by Crippen LogP contribution is 2.39. The normalized spacial score (nSPS) is 21.0. The second-order valence-electron chi connectivity index (χ2n) is 11.1. The summed E-state index contributed by atoms with van der Waals surface area (Å²) in [5.41, 5.74) is 3.96. The van der Waals surface area contributed by atoms with Crippen LogP contribution in [0.3, 0.4) is 0 Å². The van der Waals surface area contributed by atoms with E-state index >= 15 is 0 Å². The van der Waals surface area contributed by atoms with Crippen molar-refractivity contribution in [3.8, 4) is 23.0 Å². The third kappa shape index (κ3) is 6.13. The quantitative estimate of drug-likeness (QED) is 0.421. The standard InChI is InChI=1S/C33H34N2O8/c36-18-22-1-3-23(4-2-22)19-38-32-16-26(25-6-8-28-30(14-25)42-21-40-28)15-31(43-32)33(37)35-11-9-34(10-12-35)17-24-5-7-27-29(13-24)41-20-39-27/h1-8,13-15,26,32,36H,9-12,16-21H2/t26-,32+/m1/s1. The minimum absolute atomic E-state index is 0.00692. The molecule has 1 N–H and O–H groups in total. The van der Waals surface area contributed by atoms with E-state index in [0.29, 0.717) is 43.4 Å². The molecule has 10 heteroatoms. The van der Waals surface area contributed by atoms with Gasteiger partial charge in [-0.1, -0.05) is 36.4 Å². The number of amides is 1. The van der Waals surface area contributed by atoms with Gasteiger partial charge < -0.3 is 38.4 Å². The zero-order valence-corrected chi connectivity index (χ0v) is 23.8. The van der Waals surface area contributed by atoms with E-state index in [4.69, 9.17) is 28.4 Å². The topological polar surface area (TPSA) is 99.2 Å². The molecule has 0 radical (unpaired) electrons. The van der Waals surface area contributed by atoms with Gasteiger partial charge in [0.05, 0.1) is 13.2 Å². The number of hydrogen-bond donors (Lipinski definition) is 1. The van der Waals surface area contributed by atoms with Crippen molar-refractivity contribution in [2.24, 2.45) is 0 Å². The zero-order chi connectivity index (χ0) is 29.2. The zero-order valence-electron chi connectivity index (χ0n) is 23.8. The summed E-state index contributed by atoms with van der Waals surface area (Å²) in [5, 5.41) is 9.34. The van der Waals surface area contributed by atoms with Crippen molar-refractivity contribution >= 4 is 5.91 Å². The number of benzene rings is 3. The molecule has 0 saturated carbocycles. The highest BCUT2D eigenvalue weighted by Gasteiger charge is 2.33. The Morgan fingerprint density at radius 2 is 1.44 bits per heavy atom. The first-order valence-electron chi connectivity index (χ1n) is 14.6. The minimum Gasteiger partial charge on any atom is -0.459 e. The molecule has 1 amide bonds. The van der Waals surface area contributed by atoms with E-state index < -0.39 is 6.29 Å². The van der Waals surface area contributed by atoms with Gasteiger partial charge in [-0.25, -0.2) is 0 Å². The molecule has 4 heterocycles. The summed E-state index contributed by atoms with van der Waals surface area (Å²) >= 11 is 0. The molecule has 43 heavy (non-hydrogen) atoms. The Labute approximate surface area is 249 Å². The van der Waals surface area contributed by atoms with Crippen LogP contribution in [-0.2, 0) is 34.0 Å². The molecule has 224 valence electrons. The smallest absolute Gasteiger partial charge is 0.288 e. The predicted molar refractivity (Wildman–Crippen MR) is 154 cm³/mol. The molecule has 7 rings (SSSR count). The molecule has 0 spiro atoms. The molecule has 1 saturated heterocycles. The Hall–Kier alpha value is -4.25. The Bertz CT molecular complexity index is 1500. The lowest BCUT2D eigenvalue weighted by molar-refractivity contribution is -0.157. The average Bonchev–Trinajstić information content (AvgIpc) is 3.73. The lowest BCUT2D eigenvalue weighted by Crippen LogP contribution is -2.49. The van der Waals surface area contributed by atoms with Gasteiger partial charge in [-0.15, -0.1) is 0 Å². The van der Waals surface area contributed by atoms with Gasteiger partial charge in [-0.05, 0) is 52.6 Å². The average molecular weight is 587 g/mol. The van der Waals surface area contributed by atoms with E-state index in [2.05, 4.69) is 11.0 Å². The molecule has 0 unspecified atom stereocenters. The van der Waals surface area contributed by atoms with E-state index in [-0.39, 0.29) is 32.0 Å². The van der Waals surface area contributed by atoms with Crippen LogP contribution in [0.2, 0.25) is 0 Å². The fourth-order valence-corrected chi connectivity index (χ4v) is 5.78. The van der Waals surface area contributed by atoms with Crippen LogP contribution in [0.15, 0.2) is 72.5 Å². The fourth-order valence-electron chi connectivity index (χ4n) is 5.78. The van der Waals surface area contributed by atoms with Crippen molar-refractivity contribution in [1.82, 2.24) is 9.80 Å². The van der Waals surface area contributed by atoms with Gasteiger partial charge in [0, 0.05) is 45.1 Å². The van der Waals surface area contributed by atoms with Gasteiger partial charge in [0.2, 0.25) is 19.9 Å². The molecule has 0 aliphatic carbocycles. The number of rotatable bonds is 8. The van der Waals surface area contributed by atoms with E-state index in [9.17, 15) is 9.90 Å². The van der Waals surface area contributed by atoms with Crippen molar-refractivity contribution < 1.29 is 38.3 Å². The van der Waals surface area contributed by atoms with Crippen LogP contribution in [0.5, 0.6) is 23.0 Å². The maximum atomic E-state index is 13.8. The van der Waals surface area contributed by atoms with E-state index in [1.807, 2.05) is 65.6 Å². The first kappa shape index (κ1) is 27.6. The van der Waals surface area contributed by atoms with E-state index in [1.54, 1.807) is 0 Å². The summed E-state index contributed by atoms with van der Waals surface area (Å²) < 4.78 is 34.4. The first-order valence-corrected chi connectivity index (χ1v) is 14.6. The van der Waals surface area contributed by atoms with Gasteiger partial charge in [0.15, 0.2) is 28.8 Å². The molecule has 2 atom stereocenters. The molecule has 3 aromatic rings. The van der Waals surface area contributed by atoms with Crippen LogP contribution >= 0.6 is 0 Å². The lowest BCUT2D eigenvalue weighted by atomic mass is 9.92. The van der Waals surface area contributed by atoms with Gasteiger partial charge >= 0.3 is 0 Å². The number of carbonyl (C=O) groups is 1. The molecule has 0 aromatic heterocycles. The second-order valence-corrected chi connectivity index (χ2v) is 11.1. The molecule has 4 aliphatic heterocycles. The Morgan fingerprint density at radius 1 is 0.791 bits per heavy atom. The number of aliphatic hydroxyl groups is 1. The maximum absolute atomic E-state index is 13.8. The van der Waals surface area contributed by atoms with Crippen molar-refractivity contribution in [1.29, 1.82) is 0 Å². The van der Waals surface area contributed by atoms with Crippen molar-refractivity contribution in [3.05, 3.63) is 94.8 Å². The number of carbonyl (C=O) groups excluding carboxylic acids is 1. The molecule has 10 nitrogen and oxygen atoms in total. The minimum atomic E-state index is -0.607. The van der Waals surface area contributed by atoms with E-state index in [0.717, 1.165) is 53.4 Å². The van der Waals surface area contributed by atoms with Crippen molar-refractivity contribution in [2.45, 2.75) is 38.4 Å². The first-order chi connectivity index (χ1) is 21.1. The summed E-state index contributed by atoms with van der Waals surface area (Å²) in [4.78, 5) is 18.0. The van der Waals surface area contributed by atoms with Crippen molar-refractivity contribution in [3.63, 3.8) is 0 Å². The highest BCUT2D eigenvalue weighted by molar-refractivity contribution is 5.92. The second kappa shape index (κ2) is 12.2. The van der Waals surface area contributed by atoms with E-state index in [1.165, 1.54) is 0 Å². The molecule has 4 aliphatic rings. The summed E-state index contributed by atoms with van der Waals surface area (Å²) in [6.45, 7) is 4.26. The molecular weight excluding hydrogens is 552 g/mol. The molecular formula is C33H34N2O8. The fraction of sp³-hybridized carbons (Fsp3) is 0.364. The van der Waals surface area contributed by atoms with Crippen LogP contribution in [0.25, 0.3) is 0 Å². The Morgan fingerprint density at radius 3 is 2.19 bits per heavy atom. The van der Waals surface area contributed by atoms with Gasteiger partial charge in [-0.3, -0.25) is 9.69 Å². The van der Waals surface area contributed by atoms with Crippen LogP contribution in [0.4, 0.5) is 0 Å². The van der Waals surface area contributed by atoms with Crippen LogP contribution < -0.4 is 18.9 Å². The monoisotopic (exact) mass is 586 g/mol. The molecule has 1 fully saturated rings. The molecule has 3 aromatic carbocycles. The van der Waals surface area contributed by atoms with Gasteiger partial charge in [0.1, 0.15) is 0 Å². The highest BCUT2D eigenvalue weighted by atomic mass is 16.7. The maximum Gasteiger partial charge on any atom is 0.288 e. The third-order valence-electron chi connectivity index (χ3n) is 8.24. The van der Waals surface area contributed by atoms with Crippen LogP contribution in [0, 0.1) is 0 Å². The summed E-state index contributed by atoms with van der Waals surface area (Å²) in [5.74, 6) is 3.05. The summed E-state index contributed by atoms with van der Waals surface area (Å²) in [6, 6.07) is 19.5. The molecule has 0 bridgehead atoms. The number of nitrogens with zero attached hydrogens (tertiary/aromatic N) is 2. The summed E-state index contributed by atoms with van der Waals surface area (Å²) in [6.07, 6.45) is 1.85. The number of hydrogen-bond acceptors (Lipinski definition) is 9. The van der Waals surface area contributed by atoms with Crippen LogP contribution in [-0.4, -0.2) is 66.9 Å². The van der Waals surface area contributed by atoms with Crippen molar-refractivity contribution in [2.75, 3.05) is 39.8 Å². The predicted octanol–water partition coefficient (Wildman–Crippen LogP) is 3.91. The number of fused-ring (bicyclic) bond motifs is 2. The van der Waals surface area contributed by atoms with Gasteiger partial charge in [0.25, 0.3) is 5.91 Å². The SMILES string of the molecule is O=C(C1=C[C@@H](c2ccc3c(c2)OCO3)C[C@@H](OCc2ccc(CO)cc2)O1)N1CCN(Cc2ccc3c(c2)OCO3)CC1.